The van der Waals surface area contributed by atoms with Crippen LogP contribution in [-0.4, -0.2) is 73.5 Å². The lowest BCUT2D eigenvalue weighted by molar-refractivity contribution is 0.220. The van der Waals surface area contributed by atoms with Crippen molar-refractivity contribution < 1.29 is 17.2 Å². The van der Waals surface area contributed by atoms with Crippen LogP contribution in [0.1, 0.15) is 30.4 Å². The molecule has 1 aliphatic rings. The monoisotopic (exact) mass is 628 g/mol. The predicted molar refractivity (Wildman–Crippen MR) is 168 cm³/mol. The van der Waals surface area contributed by atoms with Gasteiger partial charge in [0.1, 0.15) is 27.2 Å². The van der Waals surface area contributed by atoms with Crippen LogP contribution in [0.2, 0.25) is 0 Å². The van der Waals surface area contributed by atoms with Gasteiger partial charge in [0.15, 0.2) is 17.1 Å². The number of fused-ring (bicyclic) bond motifs is 2. The molecule has 6 heterocycles. The average molecular weight is 629 g/mol. The number of imidazole rings is 1. The number of nitrogens with zero attached hydrogens (tertiary/aromatic N) is 6. The Bertz CT molecular complexity index is 2160. The molecule has 2 N–H and O–H groups in total. The Morgan fingerprint density at radius 2 is 1.73 bits per heavy atom. The van der Waals surface area contributed by atoms with E-state index in [0.29, 0.717) is 44.7 Å². The maximum absolute atomic E-state index is 16.3. The summed E-state index contributed by atoms with van der Waals surface area (Å²) < 4.78 is 54.3. The quantitative estimate of drug-likeness (QED) is 0.227. The number of H-pyrrole nitrogens is 2. The Morgan fingerprint density at radius 1 is 0.911 bits per heavy atom. The molecule has 6 aromatic rings. The number of aromatic nitrogens is 7. The highest BCUT2D eigenvalue weighted by atomic mass is 32.2. The molecule has 5 aromatic heterocycles. The van der Waals surface area contributed by atoms with Crippen molar-refractivity contribution in [2.45, 2.75) is 32.2 Å². The van der Waals surface area contributed by atoms with E-state index in [4.69, 9.17) is 0 Å². The lowest BCUT2D eigenvalue weighted by atomic mass is 10.0. The van der Waals surface area contributed by atoms with Crippen LogP contribution in [0.4, 0.5) is 8.78 Å². The van der Waals surface area contributed by atoms with Gasteiger partial charge >= 0.3 is 0 Å². The summed E-state index contributed by atoms with van der Waals surface area (Å²) in [5.74, 6) is -0.801. The van der Waals surface area contributed by atoms with Crippen LogP contribution in [-0.2, 0) is 22.8 Å². The summed E-state index contributed by atoms with van der Waals surface area (Å²) in [6.07, 6.45) is 11.4. The molecule has 0 atom stereocenters. The topological polar surface area (TPSA) is 133 Å². The Balaban J connectivity index is 1.26. The first-order valence-corrected chi connectivity index (χ1v) is 16.8. The van der Waals surface area contributed by atoms with E-state index in [2.05, 4.69) is 40.0 Å². The van der Waals surface area contributed by atoms with Gasteiger partial charge < -0.3 is 4.98 Å². The zero-order valence-corrected chi connectivity index (χ0v) is 25.3. The number of hydrogen-bond acceptors (Lipinski definition) is 8. The Kier molecular flexibility index (Phi) is 7.58. The average Bonchev–Trinajstić information content (AvgIpc) is 3.65. The number of rotatable bonds is 8. The number of pyridine rings is 3. The first-order chi connectivity index (χ1) is 21.7. The highest BCUT2D eigenvalue weighted by molar-refractivity contribution is 7.90. The van der Waals surface area contributed by atoms with Gasteiger partial charge in [-0.25, -0.2) is 32.2 Å². The lowest BCUT2D eigenvalue weighted by Gasteiger charge is -2.26. The van der Waals surface area contributed by atoms with Gasteiger partial charge in [-0.15, -0.1) is 0 Å². The minimum absolute atomic E-state index is 0.0941. The highest BCUT2D eigenvalue weighted by Gasteiger charge is 2.22. The molecule has 0 aliphatic carbocycles. The van der Waals surface area contributed by atoms with E-state index in [1.165, 1.54) is 37.6 Å². The number of piperidine rings is 1. The highest BCUT2D eigenvalue weighted by Crippen LogP contribution is 2.34. The summed E-state index contributed by atoms with van der Waals surface area (Å²) in [4.78, 5) is 23.4. The van der Waals surface area contributed by atoms with Gasteiger partial charge in [0.05, 0.1) is 16.7 Å². The molecule has 0 saturated carbocycles. The Morgan fingerprint density at radius 3 is 2.56 bits per heavy atom. The fourth-order valence-corrected chi connectivity index (χ4v) is 6.55. The second-order valence-corrected chi connectivity index (χ2v) is 13.8. The van der Waals surface area contributed by atoms with Crippen LogP contribution >= 0.6 is 0 Å². The number of halogens is 2. The summed E-state index contributed by atoms with van der Waals surface area (Å²) in [5, 5.41) is 7.26. The second-order valence-electron chi connectivity index (χ2n) is 11.6. The number of aromatic amines is 2. The van der Waals surface area contributed by atoms with Crippen molar-refractivity contribution in [3.05, 3.63) is 77.9 Å². The van der Waals surface area contributed by atoms with Crippen molar-refractivity contribution in [1.29, 1.82) is 0 Å². The molecular weight excluding hydrogens is 598 g/mol. The summed E-state index contributed by atoms with van der Waals surface area (Å²) in [5.41, 5.74) is 4.96. The number of likely N-dealkylation sites (tertiary alicyclic amines) is 1. The van der Waals surface area contributed by atoms with Crippen molar-refractivity contribution in [3.63, 3.8) is 0 Å². The van der Waals surface area contributed by atoms with Gasteiger partial charge in [-0.1, -0.05) is 12.5 Å². The maximum atomic E-state index is 16.3. The van der Waals surface area contributed by atoms with Gasteiger partial charge in [0.2, 0.25) is 0 Å². The summed E-state index contributed by atoms with van der Waals surface area (Å²) in [7, 11) is -3.22. The molecular formula is C32H30F2N8O2S. The van der Waals surface area contributed by atoms with E-state index in [0.717, 1.165) is 31.5 Å². The normalized spacial score (nSPS) is 14.5. The summed E-state index contributed by atoms with van der Waals surface area (Å²) in [6.45, 7) is 2.85. The van der Waals surface area contributed by atoms with Crippen LogP contribution in [0.25, 0.3) is 56.0 Å². The van der Waals surface area contributed by atoms with Crippen LogP contribution in [0.3, 0.4) is 0 Å². The van der Waals surface area contributed by atoms with Crippen molar-refractivity contribution >= 4 is 32.0 Å². The zero-order chi connectivity index (χ0) is 31.1. The summed E-state index contributed by atoms with van der Waals surface area (Å²) >= 11 is 0. The Hall–Kier alpha value is -4.62. The molecule has 0 bridgehead atoms. The fourth-order valence-electron chi connectivity index (χ4n) is 5.94. The van der Waals surface area contributed by atoms with E-state index in [1.807, 2.05) is 12.3 Å². The van der Waals surface area contributed by atoms with E-state index in [9.17, 15) is 12.8 Å². The second kappa shape index (κ2) is 11.7. The molecule has 7 rings (SSSR count). The van der Waals surface area contributed by atoms with Crippen LogP contribution < -0.4 is 0 Å². The smallest absolute Gasteiger partial charge is 0.184 e. The molecule has 1 aromatic carbocycles. The molecule has 0 unspecified atom stereocenters. The molecule has 45 heavy (non-hydrogen) atoms. The van der Waals surface area contributed by atoms with Crippen molar-refractivity contribution in [3.8, 4) is 33.8 Å². The predicted octanol–water partition coefficient (Wildman–Crippen LogP) is 5.48. The standard InChI is InChI=1S/C32H30F2N8O2S/c1-45(43,44)10-6-19-11-21(14-23(33)13-19)24-5-7-36-31-28(24)38-32(39-31)29-26-27(34)25(17-37-30(26)41-40-29)22-12-20(15-35-16-22)18-42-8-3-2-4-9-42/h5,7,11-17H,2-4,6,8-10,18H2,1H3,(H,36,38,39)(H,37,40,41). The first kappa shape index (κ1) is 29.1. The van der Waals surface area contributed by atoms with E-state index in [1.54, 1.807) is 24.5 Å². The van der Waals surface area contributed by atoms with Crippen LogP contribution in [0.15, 0.2) is 55.1 Å². The third-order valence-corrected chi connectivity index (χ3v) is 9.08. The van der Waals surface area contributed by atoms with Crippen LogP contribution in [0.5, 0.6) is 0 Å². The molecule has 0 spiro atoms. The van der Waals surface area contributed by atoms with Gasteiger partial charge in [0, 0.05) is 54.3 Å². The minimum Gasteiger partial charge on any atom is -0.335 e. The van der Waals surface area contributed by atoms with Crippen molar-refractivity contribution in [1.82, 2.24) is 40.0 Å². The third kappa shape index (κ3) is 6.05. The van der Waals surface area contributed by atoms with Crippen molar-refractivity contribution in [2.75, 3.05) is 25.1 Å². The minimum atomic E-state index is -3.22. The third-order valence-electron chi connectivity index (χ3n) is 8.14. The molecule has 10 nitrogen and oxygen atoms in total. The molecule has 230 valence electrons. The van der Waals surface area contributed by atoms with E-state index < -0.39 is 21.5 Å². The molecule has 0 radical (unpaired) electrons. The number of hydrogen-bond donors (Lipinski definition) is 2. The lowest BCUT2D eigenvalue weighted by Crippen LogP contribution is -2.29. The van der Waals surface area contributed by atoms with E-state index in [-0.39, 0.29) is 29.0 Å². The van der Waals surface area contributed by atoms with Crippen LogP contribution in [0, 0.1) is 11.6 Å². The van der Waals surface area contributed by atoms with Crippen molar-refractivity contribution in [2.24, 2.45) is 0 Å². The molecule has 0 amide bonds. The zero-order valence-electron chi connectivity index (χ0n) is 24.5. The largest absolute Gasteiger partial charge is 0.335 e. The number of nitrogens with one attached hydrogen (secondary N) is 2. The summed E-state index contributed by atoms with van der Waals surface area (Å²) in [6, 6.07) is 8.11. The fraction of sp³-hybridized carbons (Fsp3) is 0.281. The molecule has 13 heteroatoms. The SMILES string of the molecule is CS(=O)(=O)CCc1cc(F)cc(-c2ccnc3nc(-c4[nH]nc5ncc(-c6cncc(CN7CCCCC7)c6)c(F)c45)[nH]c23)c1. The number of sulfone groups is 1. The first-order valence-electron chi connectivity index (χ1n) is 14.7. The molecule has 1 fully saturated rings. The van der Waals surface area contributed by atoms with Gasteiger partial charge in [-0.2, -0.15) is 5.10 Å². The van der Waals surface area contributed by atoms with Gasteiger partial charge in [-0.05, 0) is 73.3 Å². The van der Waals surface area contributed by atoms with Gasteiger partial charge in [0.25, 0.3) is 0 Å². The molecule has 1 aliphatic heterocycles. The number of aryl methyl sites for hydroxylation is 1. The number of benzene rings is 1. The van der Waals surface area contributed by atoms with Gasteiger partial charge in [-0.3, -0.25) is 15.0 Å². The van der Waals surface area contributed by atoms with E-state index >= 15 is 4.39 Å². The maximum Gasteiger partial charge on any atom is 0.184 e. The molecule has 1 saturated heterocycles. The Labute approximate surface area is 257 Å².